The normalized spacial score (nSPS) is 16.7. The molecule has 1 saturated heterocycles. The van der Waals surface area contributed by atoms with E-state index in [1.54, 1.807) is 0 Å². The van der Waals surface area contributed by atoms with Gasteiger partial charge in [-0.05, 0) is 12.1 Å². The number of hydrogen-bond acceptors (Lipinski definition) is 4. The first kappa shape index (κ1) is 12.8. The molecule has 3 rings (SSSR count). The van der Waals surface area contributed by atoms with Crippen LogP contribution in [0.3, 0.4) is 0 Å². The molecule has 19 heavy (non-hydrogen) atoms. The highest BCUT2D eigenvalue weighted by Crippen LogP contribution is 2.23. The second-order valence-electron chi connectivity index (χ2n) is 4.58. The maximum absolute atomic E-state index is 5.41. The molecule has 1 aliphatic heterocycles. The lowest BCUT2D eigenvalue weighted by Gasteiger charge is -2.25. The van der Waals surface area contributed by atoms with Gasteiger partial charge >= 0.3 is 0 Å². The number of morpholine rings is 1. The van der Waals surface area contributed by atoms with Crippen LogP contribution < -0.4 is 0 Å². The number of rotatable bonds is 3. The Morgan fingerprint density at radius 2 is 1.89 bits per heavy atom. The van der Waals surface area contributed by atoms with Gasteiger partial charge in [0.1, 0.15) is 0 Å². The molecule has 0 aliphatic carbocycles. The van der Waals surface area contributed by atoms with Crippen molar-refractivity contribution in [2.24, 2.45) is 0 Å². The SMILES string of the molecule is Brc1ccc(-c2cc(CN3CCOCC3)no2)cc1. The van der Waals surface area contributed by atoms with E-state index in [1.165, 1.54) is 0 Å². The minimum Gasteiger partial charge on any atom is -0.379 e. The van der Waals surface area contributed by atoms with Crippen LogP contribution in [0.4, 0.5) is 0 Å². The van der Waals surface area contributed by atoms with E-state index < -0.39 is 0 Å². The van der Waals surface area contributed by atoms with E-state index in [0.717, 1.165) is 54.3 Å². The molecule has 0 bridgehead atoms. The summed E-state index contributed by atoms with van der Waals surface area (Å²) in [5, 5.41) is 4.14. The van der Waals surface area contributed by atoms with Crippen LogP contribution in [0.2, 0.25) is 0 Å². The Balaban J connectivity index is 1.70. The van der Waals surface area contributed by atoms with Gasteiger partial charge in [0.25, 0.3) is 0 Å². The number of aromatic nitrogens is 1. The number of benzene rings is 1. The lowest BCUT2D eigenvalue weighted by molar-refractivity contribution is 0.0332. The maximum atomic E-state index is 5.41. The first-order chi connectivity index (χ1) is 9.31. The third-order valence-electron chi connectivity index (χ3n) is 3.18. The zero-order valence-electron chi connectivity index (χ0n) is 10.5. The predicted octanol–water partition coefficient (Wildman–Crippen LogP) is 2.94. The highest BCUT2D eigenvalue weighted by Gasteiger charge is 2.14. The van der Waals surface area contributed by atoms with Gasteiger partial charge in [0.05, 0.1) is 18.9 Å². The van der Waals surface area contributed by atoms with Gasteiger partial charge in [-0.15, -0.1) is 0 Å². The molecule has 0 radical (unpaired) electrons. The van der Waals surface area contributed by atoms with Crippen LogP contribution in [-0.2, 0) is 11.3 Å². The quantitative estimate of drug-likeness (QED) is 0.870. The van der Waals surface area contributed by atoms with E-state index >= 15 is 0 Å². The number of ether oxygens (including phenoxy) is 1. The monoisotopic (exact) mass is 322 g/mol. The van der Waals surface area contributed by atoms with Crippen LogP contribution in [-0.4, -0.2) is 36.4 Å². The van der Waals surface area contributed by atoms with E-state index in [1.807, 2.05) is 30.3 Å². The first-order valence-electron chi connectivity index (χ1n) is 6.33. The molecule has 1 fully saturated rings. The molecule has 4 nitrogen and oxygen atoms in total. The Bertz CT molecular complexity index is 533. The molecule has 0 unspecified atom stereocenters. The van der Waals surface area contributed by atoms with Crippen molar-refractivity contribution in [3.8, 4) is 11.3 Å². The summed E-state index contributed by atoms with van der Waals surface area (Å²) in [5.41, 5.74) is 2.02. The van der Waals surface area contributed by atoms with Crippen molar-refractivity contribution in [2.45, 2.75) is 6.54 Å². The number of hydrogen-bond donors (Lipinski definition) is 0. The van der Waals surface area contributed by atoms with Crippen LogP contribution in [0.1, 0.15) is 5.69 Å². The average Bonchev–Trinajstić information content (AvgIpc) is 2.89. The van der Waals surface area contributed by atoms with Crippen LogP contribution in [0.5, 0.6) is 0 Å². The van der Waals surface area contributed by atoms with E-state index in [-0.39, 0.29) is 0 Å². The van der Waals surface area contributed by atoms with E-state index in [2.05, 4.69) is 26.0 Å². The van der Waals surface area contributed by atoms with Crippen molar-refractivity contribution in [3.05, 3.63) is 40.5 Å². The van der Waals surface area contributed by atoms with Crippen LogP contribution in [0.15, 0.2) is 39.3 Å². The minimum atomic E-state index is 0.803. The molecular formula is C14H15BrN2O2. The van der Waals surface area contributed by atoms with Gasteiger partial charge in [-0.25, -0.2) is 0 Å². The van der Waals surface area contributed by atoms with E-state index in [4.69, 9.17) is 9.26 Å². The smallest absolute Gasteiger partial charge is 0.167 e. The Morgan fingerprint density at radius 3 is 2.63 bits per heavy atom. The molecule has 100 valence electrons. The van der Waals surface area contributed by atoms with Crippen molar-refractivity contribution in [1.82, 2.24) is 10.1 Å². The molecule has 0 N–H and O–H groups in total. The molecule has 1 aromatic heterocycles. The number of halogens is 1. The fourth-order valence-electron chi connectivity index (χ4n) is 2.12. The van der Waals surface area contributed by atoms with Crippen molar-refractivity contribution < 1.29 is 9.26 Å². The summed E-state index contributed by atoms with van der Waals surface area (Å²) in [6, 6.07) is 10.0. The van der Waals surface area contributed by atoms with Gasteiger partial charge in [-0.1, -0.05) is 33.2 Å². The molecule has 0 atom stereocenters. The van der Waals surface area contributed by atoms with Crippen molar-refractivity contribution >= 4 is 15.9 Å². The molecule has 1 aromatic carbocycles. The van der Waals surface area contributed by atoms with Gasteiger partial charge in [-0.2, -0.15) is 0 Å². The molecule has 5 heteroatoms. The highest BCUT2D eigenvalue weighted by atomic mass is 79.9. The van der Waals surface area contributed by atoms with Gasteiger partial charge in [-0.3, -0.25) is 4.90 Å². The Hall–Kier alpha value is -1.17. The minimum absolute atomic E-state index is 0.803. The largest absolute Gasteiger partial charge is 0.379 e. The van der Waals surface area contributed by atoms with Gasteiger partial charge in [0.15, 0.2) is 5.76 Å². The predicted molar refractivity (Wildman–Crippen MR) is 75.7 cm³/mol. The lowest BCUT2D eigenvalue weighted by atomic mass is 10.1. The zero-order valence-corrected chi connectivity index (χ0v) is 12.1. The fourth-order valence-corrected chi connectivity index (χ4v) is 2.39. The van der Waals surface area contributed by atoms with Gasteiger partial charge in [0.2, 0.25) is 0 Å². The Kier molecular flexibility index (Phi) is 3.96. The molecule has 2 aromatic rings. The zero-order chi connectivity index (χ0) is 13.1. The molecule has 2 heterocycles. The maximum Gasteiger partial charge on any atom is 0.167 e. The van der Waals surface area contributed by atoms with Crippen molar-refractivity contribution in [1.29, 1.82) is 0 Å². The standard InChI is InChI=1S/C14H15BrN2O2/c15-12-3-1-11(2-4-12)14-9-13(16-19-14)10-17-5-7-18-8-6-17/h1-4,9H,5-8,10H2. The summed E-state index contributed by atoms with van der Waals surface area (Å²) >= 11 is 3.42. The Morgan fingerprint density at radius 1 is 1.16 bits per heavy atom. The Labute approximate surface area is 120 Å². The average molecular weight is 323 g/mol. The molecule has 1 aliphatic rings. The molecular weight excluding hydrogens is 308 g/mol. The fraction of sp³-hybridized carbons (Fsp3) is 0.357. The van der Waals surface area contributed by atoms with Crippen molar-refractivity contribution in [3.63, 3.8) is 0 Å². The summed E-state index contributed by atoms with van der Waals surface area (Å²) < 4.78 is 11.8. The highest BCUT2D eigenvalue weighted by molar-refractivity contribution is 9.10. The summed E-state index contributed by atoms with van der Waals surface area (Å²) in [7, 11) is 0. The lowest BCUT2D eigenvalue weighted by Crippen LogP contribution is -2.35. The first-order valence-corrected chi connectivity index (χ1v) is 7.12. The summed E-state index contributed by atoms with van der Waals surface area (Å²) in [5.74, 6) is 0.816. The molecule has 0 spiro atoms. The third kappa shape index (κ3) is 3.23. The second-order valence-corrected chi connectivity index (χ2v) is 5.49. The van der Waals surface area contributed by atoms with Crippen LogP contribution in [0, 0.1) is 0 Å². The molecule has 0 saturated carbocycles. The summed E-state index contributed by atoms with van der Waals surface area (Å²) in [4.78, 5) is 2.33. The second kappa shape index (κ2) is 5.86. The van der Waals surface area contributed by atoms with Gasteiger partial charge in [0, 0.05) is 35.7 Å². The molecule has 0 amide bonds. The summed E-state index contributed by atoms with van der Waals surface area (Å²) in [6.45, 7) is 4.35. The summed E-state index contributed by atoms with van der Waals surface area (Å²) in [6.07, 6.45) is 0. The van der Waals surface area contributed by atoms with E-state index in [9.17, 15) is 0 Å². The van der Waals surface area contributed by atoms with E-state index in [0.29, 0.717) is 0 Å². The van der Waals surface area contributed by atoms with Gasteiger partial charge < -0.3 is 9.26 Å². The third-order valence-corrected chi connectivity index (χ3v) is 3.71. The topological polar surface area (TPSA) is 38.5 Å². The van der Waals surface area contributed by atoms with Crippen LogP contribution >= 0.6 is 15.9 Å². The van der Waals surface area contributed by atoms with Crippen LogP contribution in [0.25, 0.3) is 11.3 Å². The van der Waals surface area contributed by atoms with Crippen molar-refractivity contribution in [2.75, 3.05) is 26.3 Å². The number of nitrogens with zero attached hydrogens (tertiary/aromatic N) is 2.